The third-order valence-electron chi connectivity index (χ3n) is 0. The van der Waals surface area contributed by atoms with Crippen molar-refractivity contribution in [3.8, 4) is 0 Å². The second-order valence-electron chi connectivity index (χ2n) is 0. The van der Waals surface area contributed by atoms with Crippen LogP contribution in [0.4, 0.5) is 0 Å². The maximum absolute atomic E-state index is 0. The fourth-order valence-electron chi connectivity index (χ4n) is 0. The molecule has 0 heterocycles. The molecular formula is H6AlBFeY. The van der Waals surface area contributed by atoms with Crippen molar-refractivity contribution in [1.29, 1.82) is 0 Å². The van der Waals surface area contributed by atoms with Gasteiger partial charge in [-0.05, 0) is 0 Å². The Morgan fingerprint density at radius 2 is 1.00 bits per heavy atom. The summed E-state index contributed by atoms with van der Waals surface area (Å²) >= 11 is 0. The molecule has 0 saturated carbocycles. The monoisotopic (exact) mass is 189 g/mol. The Morgan fingerprint density at radius 3 is 1.00 bits per heavy atom. The predicted molar refractivity (Wildman–Crippen MR) is 19.9 cm³/mol. The molecule has 0 aliphatic rings. The minimum atomic E-state index is 0. The van der Waals surface area contributed by atoms with Gasteiger partial charge in [-0.25, -0.2) is 0 Å². The summed E-state index contributed by atoms with van der Waals surface area (Å²) in [5.41, 5.74) is 0. The van der Waals surface area contributed by atoms with Crippen LogP contribution in [-0.2, 0) is 49.8 Å². The number of hydrogen-bond acceptors (Lipinski definition) is 0. The van der Waals surface area contributed by atoms with Crippen LogP contribution in [0.3, 0.4) is 0 Å². The molecule has 0 aromatic carbocycles. The molecule has 0 saturated heterocycles. The van der Waals surface area contributed by atoms with Gasteiger partial charge in [-0.2, -0.15) is 0 Å². The van der Waals surface area contributed by atoms with Crippen molar-refractivity contribution < 1.29 is 49.8 Å². The van der Waals surface area contributed by atoms with Crippen LogP contribution in [0.1, 0.15) is 0 Å². The molecule has 0 bridgehead atoms. The number of hydrogen-bond donors (Lipinski definition) is 0. The summed E-state index contributed by atoms with van der Waals surface area (Å²) in [4.78, 5) is 0. The van der Waals surface area contributed by atoms with Crippen LogP contribution in [-0.4, -0.2) is 25.8 Å². The van der Waals surface area contributed by atoms with Crippen LogP contribution in [0.15, 0.2) is 0 Å². The van der Waals surface area contributed by atoms with E-state index in [9.17, 15) is 0 Å². The van der Waals surface area contributed by atoms with E-state index in [1.807, 2.05) is 0 Å². The summed E-state index contributed by atoms with van der Waals surface area (Å²) in [6, 6.07) is 0. The van der Waals surface area contributed by atoms with E-state index < -0.39 is 0 Å². The molecule has 4 heavy (non-hydrogen) atoms. The first-order chi connectivity index (χ1) is 0. The zero-order chi connectivity index (χ0) is 0. The molecule has 1 radical (unpaired) electrons. The first-order valence-corrected chi connectivity index (χ1v) is 0. The van der Waals surface area contributed by atoms with E-state index in [2.05, 4.69) is 0 Å². The maximum atomic E-state index is 0. The Balaban J connectivity index is 0. The average molecular weight is 189 g/mol. The third kappa shape index (κ3) is 8.88. The Labute approximate surface area is 74.5 Å². The minimum Gasteiger partial charge on any atom is 0 e. The van der Waals surface area contributed by atoms with E-state index in [-0.39, 0.29) is 75.6 Å². The molecule has 4 heteroatoms. The molecule has 0 aromatic rings. The molecular weight excluding hydrogens is 183 g/mol. The van der Waals surface area contributed by atoms with Gasteiger partial charge in [0.2, 0.25) is 0 Å². The summed E-state index contributed by atoms with van der Waals surface area (Å²) in [5, 5.41) is 0. The molecule has 0 fully saturated rings. The zero-order valence-electron chi connectivity index (χ0n) is 0.931. The number of rotatable bonds is 0. The molecule has 0 aliphatic carbocycles. The molecule has 0 rings (SSSR count). The maximum Gasteiger partial charge on any atom is 0.187 e. The second-order valence-corrected chi connectivity index (χ2v) is 0. The van der Waals surface area contributed by atoms with Gasteiger partial charge in [-0.15, -0.1) is 0 Å². The molecule has 0 N–H and O–H groups in total. The van der Waals surface area contributed by atoms with Crippen molar-refractivity contribution in [2.24, 2.45) is 0 Å². The van der Waals surface area contributed by atoms with E-state index in [1.54, 1.807) is 0 Å². The van der Waals surface area contributed by atoms with Crippen molar-refractivity contribution in [1.82, 2.24) is 0 Å². The smallest absolute Gasteiger partial charge is 0 e. The molecule has 0 atom stereocenters. The topological polar surface area (TPSA) is 0 Å². The van der Waals surface area contributed by atoms with Crippen LogP contribution in [0.2, 0.25) is 0 Å². The van der Waals surface area contributed by atoms with Gasteiger partial charge < -0.3 is 0 Å². The van der Waals surface area contributed by atoms with Crippen molar-refractivity contribution >= 4 is 25.8 Å². The van der Waals surface area contributed by atoms with Gasteiger partial charge in [0.15, 0.2) is 17.4 Å². The van der Waals surface area contributed by atoms with Gasteiger partial charge >= 0.3 is 0 Å². The molecule has 0 aromatic heterocycles. The van der Waals surface area contributed by atoms with Gasteiger partial charge in [0, 0.05) is 49.8 Å². The largest absolute Gasteiger partial charge is 0.187 e. The standard InChI is InChI=1S/Al.BH3.Fe.Y.3H/h;1H3;;;;;. The first kappa shape index (κ1) is 34.4. The molecule has 23 valence electrons. The van der Waals surface area contributed by atoms with E-state index in [1.165, 1.54) is 0 Å². The third-order valence-corrected chi connectivity index (χ3v) is 0. The van der Waals surface area contributed by atoms with Gasteiger partial charge in [0.25, 0.3) is 0 Å². The summed E-state index contributed by atoms with van der Waals surface area (Å²) in [7, 11) is 0. The molecule has 0 aliphatic heterocycles. The van der Waals surface area contributed by atoms with E-state index in [4.69, 9.17) is 0 Å². The van der Waals surface area contributed by atoms with E-state index in [0.29, 0.717) is 0 Å². The summed E-state index contributed by atoms with van der Waals surface area (Å²) in [5.74, 6) is 0. The second kappa shape index (κ2) is 18.9. The van der Waals surface area contributed by atoms with Crippen molar-refractivity contribution in [2.75, 3.05) is 0 Å². The molecule has 0 unspecified atom stereocenters. The van der Waals surface area contributed by atoms with Crippen molar-refractivity contribution in [2.45, 2.75) is 0 Å². The fourth-order valence-corrected chi connectivity index (χ4v) is 0. The normalized spacial score (nSPS) is 0. The van der Waals surface area contributed by atoms with Crippen molar-refractivity contribution in [3.05, 3.63) is 0 Å². The van der Waals surface area contributed by atoms with Crippen molar-refractivity contribution in [3.63, 3.8) is 0 Å². The Hall–Kier alpha value is 2.22. The predicted octanol–water partition coefficient (Wildman–Crippen LogP) is -2.37. The van der Waals surface area contributed by atoms with E-state index in [0.717, 1.165) is 0 Å². The van der Waals surface area contributed by atoms with Crippen LogP contribution in [0.5, 0.6) is 0 Å². The van der Waals surface area contributed by atoms with Gasteiger partial charge in [-0.3, -0.25) is 0 Å². The Bertz CT molecular complexity index is 8.00. The van der Waals surface area contributed by atoms with E-state index >= 15 is 0 Å². The van der Waals surface area contributed by atoms with Crippen LogP contribution in [0, 0.1) is 0 Å². The Kier molecular flexibility index (Phi) is 162. The first-order valence-electron chi connectivity index (χ1n) is 0. The Morgan fingerprint density at radius 1 is 1.00 bits per heavy atom. The van der Waals surface area contributed by atoms with Gasteiger partial charge in [-0.1, -0.05) is 0 Å². The minimum absolute atomic E-state index is 0. The summed E-state index contributed by atoms with van der Waals surface area (Å²) < 4.78 is 0. The van der Waals surface area contributed by atoms with Crippen LogP contribution >= 0.6 is 0 Å². The molecule has 0 amide bonds. The quantitative estimate of drug-likeness (QED) is 0.373. The van der Waals surface area contributed by atoms with Gasteiger partial charge in [0.1, 0.15) is 0 Å². The fraction of sp³-hybridized carbons (Fsp3) is 0. The van der Waals surface area contributed by atoms with Crippen LogP contribution < -0.4 is 0 Å². The average Bonchev–Trinajstić information content (AvgIpc) is 0. The SMILES string of the molecule is B.[AlH3].[Fe].[Y]. The summed E-state index contributed by atoms with van der Waals surface area (Å²) in [6.45, 7) is 0. The van der Waals surface area contributed by atoms with Crippen LogP contribution in [0.25, 0.3) is 0 Å². The molecule has 0 nitrogen and oxygen atoms in total. The molecule has 0 spiro atoms. The summed E-state index contributed by atoms with van der Waals surface area (Å²) in [6.07, 6.45) is 0. The van der Waals surface area contributed by atoms with Gasteiger partial charge in [0.05, 0.1) is 8.41 Å². The zero-order valence-corrected chi connectivity index (χ0v) is 4.87.